The molecule has 0 spiro atoms. The van der Waals surface area contributed by atoms with E-state index in [1.54, 1.807) is 35.7 Å². The van der Waals surface area contributed by atoms with Gasteiger partial charge in [-0.2, -0.15) is 5.10 Å². The van der Waals surface area contributed by atoms with Crippen LogP contribution in [0.4, 0.5) is 0 Å². The Morgan fingerprint density at radius 1 is 0.926 bits per heavy atom. The highest BCUT2D eigenvalue weighted by molar-refractivity contribution is 5.99. The predicted octanol–water partition coefficient (Wildman–Crippen LogP) is 3.26. The van der Waals surface area contributed by atoms with E-state index < -0.39 is 0 Å². The van der Waals surface area contributed by atoms with Gasteiger partial charge in [0.25, 0.3) is 5.91 Å². The van der Waals surface area contributed by atoms with Gasteiger partial charge in [0.15, 0.2) is 0 Å². The van der Waals surface area contributed by atoms with Crippen molar-refractivity contribution in [1.29, 1.82) is 0 Å². The van der Waals surface area contributed by atoms with Gasteiger partial charge < -0.3 is 5.32 Å². The van der Waals surface area contributed by atoms with E-state index in [0.29, 0.717) is 17.8 Å². The highest BCUT2D eigenvalue weighted by Crippen LogP contribution is 2.23. The predicted molar refractivity (Wildman–Crippen MR) is 102 cm³/mol. The lowest BCUT2D eigenvalue weighted by Crippen LogP contribution is -2.23. The van der Waals surface area contributed by atoms with Crippen molar-refractivity contribution in [3.63, 3.8) is 0 Å². The monoisotopic (exact) mass is 355 g/mol. The summed E-state index contributed by atoms with van der Waals surface area (Å²) in [4.78, 5) is 21.1. The van der Waals surface area contributed by atoms with Crippen LogP contribution in [0.1, 0.15) is 15.9 Å². The molecule has 3 heterocycles. The zero-order valence-corrected chi connectivity index (χ0v) is 14.5. The summed E-state index contributed by atoms with van der Waals surface area (Å²) in [5.41, 5.74) is 3.70. The maximum Gasteiger partial charge on any atom is 0.255 e. The average Bonchev–Trinajstić information content (AvgIpc) is 3.20. The van der Waals surface area contributed by atoms with Gasteiger partial charge in [-0.3, -0.25) is 14.8 Å². The van der Waals surface area contributed by atoms with Crippen molar-refractivity contribution in [2.24, 2.45) is 0 Å². The van der Waals surface area contributed by atoms with E-state index in [-0.39, 0.29) is 5.91 Å². The molecule has 1 N–H and O–H groups in total. The lowest BCUT2D eigenvalue weighted by atomic mass is 10.1. The minimum atomic E-state index is -0.195. The van der Waals surface area contributed by atoms with Gasteiger partial charge in [0.05, 0.1) is 11.3 Å². The van der Waals surface area contributed by atoms with Gasteiger partial charge in [-0.25, -0.2) is 4.68 Å². The second-order valence-electron chi connectivity index (χ2n) is 5.96. The molecule has 0 unspecified atom stereocenters. The number of aromatic nitrogens is 4. The van der Waals surface area contributed by atoms with E-state index in [9.17, 15) is 4.79 Å². The molecule has 0 fully saturated rings. The molecular weight excluding hydrogens is 338 g/mol. The summed E-state index contributed by atoms with van der Waals surface area (Å²) in [7, 11) is 0. The van der Waals surface area contributed by atoms with Crippen molar-refractivity contribution in [2.75, 3.05) is 0 Å². The molecule has 1 amide bonds. The molecule has 0 saturated carbocycles. The standard InChI is InChI=1S/C21H17N5O/c27-21(24-13-16-6-4-10-22-12-16)19-15-26(18-8-2-1-3-9-18)25-20(19)17-7-5-11-23-14-17/h1-12,14-15H,13H2,(H,24,27). The maximum atomic E-state index is 12.9. The second-order valence-corrected chi connectivity index (χ2v) is 5.96. The van der Waals surface area contributed by atoms with E-state index >= 15 is 0 Å². The first-order valence-electron chi connectivity index (χ1n) is 8.54. The Morgan fingerprint density at radius 2 is 1.70 bits per heavy atom. The molecule has 4 rings (SSSR count). The summed E-state index contributed by atoms with van der Waals surface area (Å²) in [6, 6.07) is 17.2. The largest absolute Gasteiger partial charge is 0.348 e. The summed E-state index contributed by atoms with van der Waals surface area (Å²) in [6.45, 7) is 0.398. The van der Waals surface area contributed by atoms with Gasteiger partial charge in [0.1, 0.15) is 5.69 Å². The summed E-state index contributed by atoms with van der Waals surface area (Å²) >= 11 is 0. The maximum absolute atomic E-state index is 12.9. The summed E-state index contributed by atoms with van der Waals surface area (Å²) in [5.74, 6) is -0.195. The molecule has 0 bridgehead atoms. The van der Waals surface area contributed by atoms with Crippen LogP contribution in [0.2, 0.25) is 0 Å². The normalized spacial score (nSPS) is 10.5. The van der Waals surface area contributed by atoms with Crippen LogP contribution in [0.15, 0.2) is 85.6 Å². The van der Waals surface area contributed by atoms with Gasteiger partial charge in [-0.15, -0.1) is 0 Å². The van der Waals surface area contributed by atoms with Crippen LogP contribution in [-0.2, 0) is 6.54 Å². The first-order chi connectivity index (χ1) is 13.3. The lowest BCUT2D eigenvalue weighted by Gasteiger charge is -2.05. The van der Waals surface area contributed by atoms with Crippen molar-refractivity contribution >= 4 is 5.91 Å². The van der Waals surface area contributed by atoms with Gasteiger partial charge in [-0.05, 0) is 35.9 Å². The van der Waals surface area contributed by atoms with E-state index in [4.69, 9.17) is 0 Å². The fourth-order valence-corrected chi connectivity index (χ4v) is 2.75. The number of carbonyl (C=O) groups is 1. The number of pyridine rings is 2. The third kappa shape index (κ3) is 3.74. The molecule has 1 aromatic carbocycles. The van der Waals surface area contributed by atoms with Crippen LogP contribution < -0.4 is 5.32 Å². The number of nitrogens with zero attached hydrogens (tertiary/aromatic N) is 4. The molecular formula is C21H17N5O. The fraction of sp³-hybridized carbons (Fsp3) is 0.0476. The Balaban J connectivity index is 1.67. The minimum absolute atomic E-state index is 0.195. The van der Waals surface area contributed by atoms with Crippen molar-refractivity contribution in [2.45, 2.75) is 6.54 Å². The van der Waals surface area contributed by atoms with E-state index in [0.717, 1.165) is 16.8 Å². The van der Waals surface area contributed by atoms with E-state index in [1.165, 1.54) is 0 Å². The number of hydrogen-bond donors (Lipinski definition) is 1. The molecule has 0 atom stereocenters. The summed E-state index contributed by atoms with van der Waals surface area (Å²) < 4.78 is 1.71. The van der Waals surface area contributed by atoms with Crippen LogP contribution in [0.5, 0.6) is 0 Å². The fourth-order valence-electron chi connectivity index (χ4n) is 2.75. The molecule has 0 aliphatic carbocycles. The van der Waals surface area contributed by atoms with E-state index in [1.807, 2.05) is 54.6 Å². The lowest BCUT2D eigenvalue weighted by molar-refractivity contribution is 0.0951. The SMILES string of the molecule is O=C(NCc1cccnc1)c1cn(-c2ccccc2)nc1-c1cccnc1. The number of para-hydroxylation sites is 1. The van der Waals surface area contributed by atoms with Crippen LogP contribution in [-0.4, -0.2) is 25.7 Å². The first-order valence-corrected chi connectivity index (χ1v) is 8.54. The Morgan fingerprint density at radius 3 is 2.41 bits per heavy atom. The molecule has 0 radical (unpaired) electrons. The van der Waals surface area contributed by atoms with Crippen molar-refractivity contribution in [3.05, 3.63) is 96.7 Å². The molecule has 27 heavy (non-hydrogen) atoms. The molecule has 0 aliphatic rings. The number of nitrogens with one attached hydrogen (secondary N) is 1. The van der Waals surface area contributed by atoms with Crippen LogP contribution >= 0.6 is 0 Å². The number of amides is 1. The number of hydrogen-bond acceptors (Lipinski definition) is 4. The minimum Gasteiger partial charge on any atom is -0.348 e. The van der Waals surface area contributed by atoms with Crippen molar-refractivity contribution in [1.82, 2.24) is 25.1 Å². The smallest absolute Gasteiger partial charge is 0.255 e. The third-order valence-electron chi connectivity index (χ3n) is 4.09. The molecule has 6 nitrogen and oxygen atoms in total. The highest BCUT2D eigenvalue weighted by atomic mass is 16.1. The zero-order chi connectivity index (χ0) is 18.5. The van der Waals surface area contributed by atoms with E-state index in [2.05, 4.69) is 20.4 Å². The molecule has 0 saturated heterocycles. The van der Waals surface area contributed by atoms with Crippen LogP contribution in [0, 0.1) is 0 Å². The molecule has 132 valence electrons. The van der Waals surface area contributed by atoms with Crippen molar-refractivity contribution in [3.8, 4) is 16.9 Å². The highest BCUT2D eigenvalue weighted by Gasteiger charge is 2.18. The number of rotatable bonds is 5. The van der Waals surface area contributed by atoms with Crippen molar-refractivity contribution < 1.29 is 4.79 Å². The number of carbonyl (C=O) groups excluding carboxylic acids is 1. The van der Waals surface area contributed by atoms with Gasteiger partial charge >= 0.3 is 0 Å². The molecule has 4 aromatic rings. The quantitative estimate of drug-likeness (QED) is 0.596. The molecule has 6 heteroatoms. The Bertz CT molecular complexity index is 1030. The topological polar surface area (TPSA) is 72.7 Å². The zero-order valence-electron chi connectivity index (χ0n) is 14.5. The summed E-state index contributed by atoms with van der Waals surface area (Å²) in [5, 5.41) is 7.57. The Kier molecular flexibility index (Phi) is 4.70. The summed E-state index contributed by atoms with van der Waals surface area (Å²) in [6.07, 6.45) is 8.58. The average molecular weight is 355 g/mol. The Hall–Kier alpha value is -3.80. The first kappa shape index (κ1) is 16.7. The molecule has 0 aliphatic heterocycles. The third-order valence-corrected chi connectivity index (χ3v) is 4.09. The molecule has 3 aromatic heterocycles. The second kappa shape index (κ2) is 7.61. The Labute approximate surface area is 156 Å². The van der Waals surface area contributed by atoms with Gasteiger partial charge in [0, 0.05) is 43.1 Å². The number of benzene rings is 1. The van der Waals surface area contributed by atoms with Gasteiger partial charge in [-0.1, -0.05) is 24.3 Å². The van der Waals surface area contributed by atoms with Crippen LogP contribution in [0.3, 0.4) is 0 Å². The van der Waals surface area contributed by atoms with Crippen LogP contribution in [0.25, 0.3) is 16.9 Å². The van der Waals surface area contributed by atoms with Gasteiger partial charge in [0.2, 0.25) is 0 Å².